The van der Waals surface area contributed by atoms with Crippen LogP contribution in [-0.2, 0) is 0 Å². The van der Waals surface area contributed by atoms with Crippen molar-refractivity contribution in [3.63, 3.8) is 0 Å². The van der Waals surface area contributed by atoms with Crippen LogP contribution in [0.5, 0.6) is 0 Å². The van der Waals surface area contributed by atoms with Gasteiger partial charge in [-0.2, -0.15) is 0 Å². The van der Waals surface area contributed by atoms with Crippen LogP contribution in [0.15, 0.2) is 18.5 Å². The highest BCUT2D eigenvalue weighted by atomic mass is 28.3. The van der Waals surface area contributed by atoms with E-state index in [1.165, 1.54) is 18.3 Å². The first kappa shape index (κ1) is 14.7. The Balaban J connectivity index is 1.70. The van der Waals surface area contributed by atoms with Crippen LogP contribution in [0, 0.1) is 5.82 Å². The number of H-pyrrole nitrogens is 1. The highest BCUT2D eigenvalue weighted by Crippen LogP contribution is 2.29. The average molecular weight is 307 g/mol. The summed E-state index contributed by atoms with van der Waals surface area (Å²) in [5.41, 5.74) is 1.21. The lowest BCUT2D eigenvalue weighted by Crippen LogP contribution is -2.41. The summed E-state index contributed by atoms with van der Waals surface area (Å²) >= 11 is 0. The molecule has 0 bridgehead atoms. The fourth-order valence-corrected chi connectivity index (χ4v) is 5.57. The number of rotatable bonds is 3. The predicted octanol–water partition coefficient (Wildman–Crippen LogP) is 3.15. The number of hydrogen-bond donors (Lipinski definition) is 3. The number of aliphatic hydroxyl groups excluding tert-OH is 1. The summed E-state index contributed by atoms with van der Waals surface area (Å²) in [6.07, 6.45) is 4.21. The lowest BCUT2D eigenvalue weighted by molar-refractivity contribution is 0.116. The van der Waals surface area contributed by atoms with Gasteiger partial charge in [0.1, 0.15) is 6.23 Å². The molecule has 6 heteroatoms. The van der Waals surface area contributed by atoms with Crippen molar-refractivity contribution in [2.24, 2.45) is 0 Å². The van der Waals surface area contributed by atoms with Gasteiger partial charge >= 0.3 is 0 Å². The topological polar surface area (TPSA) is 60.9 Å². The summed E-state index contributed by atoms with van der Waals surface area (Å²) in [5.74, 6) is -0.368. The summed E-state index contributed by atoms with van der Waals surface area (Å²) in [7, 11) is -0.984. The Morgan fingerprint density at radius 2 is 2.10 bits per heavy atom. The molecular formula is C15H22FN3OSi. The highest BCUT2D eigenvalue weighted by molar-refractivity contribution is 6.77. The van der Waals surface area contributed by atoms with Crippen LogP contribution in [0.1, 0.15) is 24.8 Å². The Morgan fingerprint density at radius 1 is 1.38 bits per heavy atom. The van der Waals surface area contributed by atoms with E-state index in [2.05, 4.69) is 28.4 Å². The zero-order chi connectivity index (χ0) is 15.0. The molecular weight excluding hydrogens is 285 g/mol. The molecule has 2 aromatic heterocycles. The molecule has 0 aromatic carbocycles. The number of halogens is 1. The van der Waals surface area contributed by atoms with E-state index in [0.717, 1.165) is 12.8 Å². The third kappa shape index (κ3) is 3.17. The van der Waals surface area contributed by atoms with Gasteiger partial charge in [-0.15, -0.1) is 0 Å². The molecule has 0 spiro atoms. The SMILES string of the molecule is C[Si]1(C)CCC(NC(O)c2cc3c(F)cncc3[nH]2)CC1. The fraction of sp³-hybridized carbons (Fsp3) is 0.533. The highest BCUT2D eigenvalue weighted by Gasteiger charge is 2.29. The van der Waals surface area contributed by atoms with Crippen LogP contribution in [0.3, 0.4) is 0 Å². The Hall–Kier alpha value is -1.24. The van der Waals surface area contributed by atoms with Gasteiger partial charge in [0.2, 0.25) is 0 Å². The maximum Gasteiger partial charge on any atom is 0.150 e. The zero-order valence-electron chi connectivity index (χ0n) is 12.5. The molecule has 3 rings (SSSR count). The molecule has 1 atom stereocenters. The summed E-state index contributed by atoms with van der Waals surface area (Å²) in [4.78, 5) is 6.85. The molecule has 0 saturated carbocycles. The number of aliphatic hydroxyl groups is 1. The van der Waals surface area contributed by atoms with E-state index < -0.39 is 14.3 Å². The van der Waals surface area contributed by atoms with E-state index in [1.807, 2.05) is 0 Å². The molecule has 114 valence electrons. The van der Waals surface area contributed by atoms with Crippen molar-refractivity contribution in [2.75, 3.05) is 0 Å². The molecule has 4 nitrogen and oxygen atoms in total. The molecule has 1 fully saturated rings. The second-order valence-electron chi connectivity index (χ2n) is 6.81. The minimum Gasteiger partial charge on any atom is -0.373 e. The standard InChI is InChI=1S/C15H22FN3OSi/c1-21(2)5-3-10(4-6-21)18-15(20)13-7-11-12(16)8-17-9-14(11)19-13/h7-10,15,18-20H,3-6H2,1-2H3. The minimum atomic E-state index is -0.984. The van der Waals surface area contributed by atoms with Crippen molar-refractivity contribution in [1.82, 2.24) is 15.3 Å². The van der Waals surface area contributed by atoms with E-state index in [-0.39, 0.29) is 5.82 Å². The van der Waals surface area contributed by atoms with Crippen molar-refractivity contribution in [3.05, 3.63) is 30.0 Å². The second kappa shape index (κ2) is 5.51. The van der Waals surface area contributed by atoms with E-state index in [4.69, 9.17) is 0 Å². The Kier molecular flexibility index (Phi) is 3.85. The van der Waals surface area contributed by atoms with Gasteiger partial charge in [0.15, 0.2) is 5.82 Å². The van der Waals surface area contributed by atoms with Gasteiger partial charge in [-0.25, -0.2) is 4.39 Å². The van der Waals surface area contributed by atoms with Gasteiger partial charge in [0, 0.05) is 19.5 Å². The normalized spacial score (nSPS) is 20.8. The molecule has 1 saturated heterocycles. The molecule has 0 amide bonds. The number of nitrogens with one attached hydrogen (secondary N) is 2. The van der Waals surface area contributed by atoms with Crippen molar-refractivity contribution in [2.45, 2.75) is 50.3 Å². The third-order valence-electron chi connectivity index (χ3n) is 4.55. The number of aromatic nitrogens is 2. The predicted molar refractivity (Wildman–Crippen MR) is 84.3 cm³/mol. The lowest BCUT2D eigenvalue weighted by Gasteiger charge is -2.34. The van der Waals surface area contributed by atoms with Crippen LogP contribution in [-0.4, -0.2) is 29.2 Å². The average Bonchev–Trinajstić information content (AvgIpc) is 2.87. The molecule has 0 aliphatic carbocycles. The van der Waals surface area contributed by atoms with Crippen LogP contribution in [0.4, 0.5) is 4.39 Å². The third-order valence-corrected chi connectivity index (χ3v) is 7.83. The smallest absolute Gasteiger partial charge is 0.150 e. The monoisotopic (exact) mass is 307 g/mol. The van der Waals surface area contributed by atoms with Crippen molar-refractivity contribution in [1.29, 1.82) is 0 Å². The number of hydrogen-bond acceptors (Lipinski definition) is 3. The first-order valence-corrected chi connectivity index (χ1v) is 10.9. The number of aromatic amines is 1. The summed E-state index contributed by atoms with van der Waals surface area (Å²) < 4.78 is 13.6. The molecule has 0 radical (unpaired) electrons. The number of pyridine rings is 1. The molecule has 1 aliphatic heterocycles. The number of fused-ring (bicyclic) bond motifs is 1. The Morgan fingerprint density at radius 3 is 2.76 bits per heavy atom. The lowest BCUT2D eigenvalue weighted by atomic mass is 10.1. The van der Waals surface area contributed by atoms with Gasteiger partial charge in [-0.05, 0) is 18.9 Å². The van der Waals surface area contributed by atoms with E-state index >= 15 is 0 Å². The van der Waals surface area contributed by atoms with Crippen LogP contribution >= 0.6 is 0 Å². The molecule has 1 unspecified atom stereocenters. The van der Waals surface area contributed by atoms with Gasteiger partial charge in [-0.3, -0.25) is 10.3 Å². The summed E-state index contributed by atoms with van der Waals surface area (Å²) in [5, 5.41) is 14.0. The molecule has 21 heavy (non-hydrogen) atoms. The van der Waals surface area contributed by atoms with Gasteiger partial charge in [0.05, 0.1) is 23.6 Å². The van der Waals surface area contributed by atoms with E-state index in [9.17, 15) is 9.50 Å². The van der Waals surface area contributed by atoms with Crippen molar-refractivity contribution < 1.29 is 9.50 Å². The largest absolute Gasteiger partial charge is 0.373 e. The van der Waals surface area contributed by atoms with Crippen LogP contribution in [0.25, 0.3) is 10.9 Å². The maximum atomic E-state index is 13.6. The molecule has 2 aromatic rings. The van der Waals surface area contributed by atoms with Gasteiger partial charge in [0.25, 0.3) is 0 Å². The summed E-state index contributed by atoms with van der Waals surface area (Å²) in [6, 6.07) is 4.59. The molecule has 3 heterocycles. The Bertz CT molecular complexity index is 633. The van der Waals surface area contributed by atoms with Crippen LogP contribution in [0.2, 0.25) is 25.2 Å². The summed E-state index contributed by atoms with van der Waals surface area (Å²) in [6.45, 7) is 4.85. The minimum absolute atomic E-state index is 0.343. The number of nitrogens with zero attached hydrogens (tertiary/aromatic N) is 1. The fourth-order valence-electron chi connectivity index (χ4n) is 3.06. The molecule has 1 aliphatic rings. The maximum absolute atomic E-state index is 13.6. The quantitative estimate of drug-likeness (QED) is 0.603. The Labute approximate surface area is 124 Å². The first-order valence-electron chi connectivity index (χ1n) is 7.51. The van der Waals surface area contributed by atoms with E-state index in [1.54, 1.807) is 12.3 Å². The van der Waals surface area contributed by atoms with Crippen LogP contribution < -0.4 is 5.32 Å². The molecule has 3 N–H and O–H groups in total. The van der Waals surface area contributed by atoms with Crippen molar-refractivity contribution in [3.8, 4) is 0 Å². The second-order valence-corrected chi connectivity index (χ2v) is 12.1. The van der Waals surface area contributed by atoms with Gasteiger partial charge in [-0.1, -0.05) is 25.2 Å². The zero-order valence-corrected chi connectivity index (χ0v) is 13.5. The van der Waals surface area contributed by atoms with Crippen molar-refractivity contribution >= 4 is 19.0 Å². The van der Waals surface area contributed by atoms with Gasteiger partial charge < -0.3 is 10.1 Å². The van der Waals surface area contributed by atoms with E-state index in [0.29, 0.717) is 22.6 Å². The first-order chi connectivity index (χ1) is 9.94.